The van der Waals surface area contributed by atoms with Crippen LogP contribution in [0, 0.1) is 0 Å². The molecule has 0 atom stereocenters. The van der Waals surface area contributed by atoms with Gasteiger partial charge in [0.1, 0.15) is 28.7 Å². The minimum Gasteiger partial charge on any atom is -0.457 e. The van der Waals surface area contributed by atoms with Crippen molar-refractivity contribution in [3.8, 4) is 17.3 Å². The van der Waals surface area contributed by atoms with Crippen LogP contribution in [0.2, 0.25) is 0 Å². The molecule has 4 aromatic heterocycles. The van der Waals surface area contributed by atoms with Gasteiger partial charge in [-0.2, -0.15) is 0 Å². The van der Waals surface area contributed by atoms with Gasteiger partial charge >= 0.3 is 0 Å². The Bertz CT molecular complexity index is 1680. The molecule has 39 heavy (non-hydrogen) atoms. The molecule has 10 heteroatoms. The standard InChI is InChI=1S/C29H25N7O3/c37-28(22-4-3-15-36(29(22)38)26-5-1-2-11-32-26)34-20-6-8-21(9-7-20)39-25-10-12-31-24-19-33-27(18-23(24)25)35-16-13-30-14-17-35/h1-12,15,18-19,30H,13-14,16-17H2,(H,34,37). The van der Waals surface area contributed by atoms with Gasteiger partial charge in [0.15, 0.2) is 0 Å². The third kappa shape index (κ3) is 5.18. The van der Waals surface area contributed by atoms with Crippen molar-refractivity contribution >= 4 is 28.3 Å². The molecule has 1 fully saturated rings. The second kappa shape index (κ2) is 10.7. The van der Waals surface area contributed by atoms with Crippen LogP contribution in [0.15, 0.2) is 96.3 Å². The number of anilines is 2. The van der Waals surface area contributed by atoms with Gasteiger partial charge in [-0.25, -0.2) is 9.97 Å². The largest absolute Gasteiger partial charge is 0.457 e. The average molecular weight is 520 g/mol. The summed E-state index contributed by atoms with van der Waals surface area (Å²) in [7, 11) is 0. The van der Waals surface area contributed by atoms with E-state index in [2.05, 4.69) is 30.5 Å². The first-order valence-corrected chi connectivity index (χ1v) is 12.6. The Kier molecular flexibility index (Phi) is 6.67. The Balaban J connectivity index is 1.19. The molecule has 5 aromatic rings. The smallest absolute Gasteiger partial charge is 0.269 e. The van der Waals surface area contributed by atoms with E-state index in [1.807, 2.05) is 12.1 Å². The maximum absolute atomic E-state index is 12.9. The van der Waals surface area contributed by atoms with E-state index in [1.54, 1.807) is 73.3 Å². The number of fused-ring (bicyclic) bond motifs is 1. The highest BCUT2D eigenvalue weighted by atomic mass is 16.5. The number of benzene rings is 1. The van der Waals surface area contributed by atoms with Gasteiger partial charge in [-0.15, -0.1) is 0 Å². The number of nitrogens with one attached hydrogen (secondary N) is 2. The van der Waals surface area contributed by atoms with E-state index in [-0.39, 0.29) is 5.56 Å². The van der Waals surface area contributed by atoms with Crippen LogP contribution in [0.5, 0.6) is 11.5 Å². The van der Waals surface area contributed by atoms with Crippen molar-refractivity contribution in [3.05, 3.63) is 107 Å². The number of carbonyl (C=O) groups is 1. The zero-order valence-corrected chi connectivity index (χ0v) is 20.9. The molecule has 0 spiro atoms. The molecule has 0 radical (unpaired) electrons. The summed E-state index contributed by atoms with van der Waals surface area (Å²) >= 11 is 0. The Labute approximate surface area is 223 Å². The van der Waals surface area contributed by atoms with Crippen LogP contribution in [0.4, 0.5) is 11.5 Å². The fourth-order valence-electron chi connectivity index (χ4n) is 4.44. The minimum absolute atomic E-state index is 0.0145. The highest BCUT2D eigenvalue weighted by Crippen LogP contribution is 2.31. The summed E-state index contributed by atoms with van der Waals surface area (Å²) < 4.78 is 7.53. The van der Waals surface area contributed by atoms with Crippen molar-refractivity contribution in [2.75, 3.05) is 36.4 Å². The lowest BCUT2D eigenvalue weighted by molar-refractivity contribution is 0.102. The van der Waals surface area contributed by atoms with E-state index >= 15 is 0 Å². The van der Waals surface area contributed by atoms with E-state index in [1.165, 1.54) is 10.6 Å². The summed E-state index contributed by atoms with van der Waals surface area (Å²) in [4.78, 5) is 41.3. The number of rotatable bonds is 6. The van der Waals surface area contributed by atoms with Crippen molar-refractivity contribution in [2.24, 2.45) is 0 Å². The first-order chi connectivity index (χ1) is 19.2. The summed E-state index contributed by atoms with van der Waals surface area (Å²) in [6.45, 7) is 3.62. The predicted molar refractivity (Wildman–Crippen MR) is 149 cm³/mol. The molecule has 5 heterocycles. The number of carbonyl (C=O) groups excluding carboxylic acids is 1. The number of amides is 1. The summed E-state index contributed by atoms with van der Waals surface area (Å²) in [5.41, 5.74) is 0.841. The van der Waals surface area contributed by atoms with Gasteiger partial charge in [0, 0.05) is 55.8 Å². The van der Waals surface area contributed by atoms with Crippen LogP contribution in [0.25, 0.3) is 16.7 Å². The molecule has 2 N–H and O–H groups in total. The summed E-state index contributed by atoms with van der Waals surface area (Å²) in [5, 5.41) is 7.00. The highest BCUT2D eigenvalue weighted by molar-refractivity contribution is 6.04. The lowest BCUT2D eigenvalue weighted by Gasteiger charge is -2.28. The van der Waals surface area contributed by atoms with Crippen LogP contribution >= 0.6 is 0 Å². The second-order valence-corrected chi connectivity index (χ2v) is 8.97. The van der Waals surface area contributed by atoms with Crippen molar-refractivity contribution < 1.29 is 9.53 Å². The van der Waals surface area contributed by atoms with Gasteiger partial charge in [0.2, 0.25) is 0 Å². The molecule has 0 unspecified atom stereocenters. The van der Waals surface area contributed by atoms with E-state index in [0.717, 1.165) is 42.9 Å². The molecule has 1 aliphatic heterocycles. The van der Waals surface area contributed by atoms with Crippen LogP contribution in [-0.4, -0.2) is 51.6 Å². The zero-order valence-electron chi connectivity index (χ0n) is 20.9. The fourth-order valence-corrected chi connectivity index (χ4v) is 4.44. The van der Waals surface area contributed by atoms with Crippen LogP contribution in [0.3, 0.4) is 0 Å². The number of hydrogen-bond donors (Lipinski definition) is 2. The third-order valence-corrected chi connectivity index (χ3v) is 6.44. The van der Waals surface area contributed by atoms with Gasteiger partial charge in [0.05, 0.1) is 11.7 Å². The topological polar surface area (TPSA) is 114 Å². The Morgan fingerprint density at radius 3 is 2.54 bits per heavy atom. The molecule has 6 rings (SSSR count). The fraction of sp³-hybridized carbons (Fsp3) is 0.138. The molecule has 0 saturated carbocycles. The summed E-state index contributed by atoms with van der Waals surface area (Å²) in [6, 6.07) is 19.2. The van der Waals surface area contributed by atoms with Crippen molar-refractivity contribution in [3.63, 3.8) is 0 Å². The molecule has 10 nitrogen and oxygen atoms in total. The molecular weight excluding hydrogens is 494 g/mol. The van der Waals surface area contributed by atoms with Crippen LogP contribution in [-0.2, 0) is 0 Å². The first-order valence-electron chi connectivity index (χ1n) is 12.6. The quantitative estimate of drug-likeness (QED) is 0.350. The molecule has 0 bridgehead atoms. The van der Waals surface area contributed by atoms with Crippen LogP contribution in [0.1, 0.15) is 10.4 Å². The maximum Gasteiger partial charge on any atom is 0.269 e. The molecule has 1 saturated heterocycles. The van der Waals surface area contributed by atoms with E-state index in [9.17, 15) is 9.59 Å². The maximum atomic E-state index is 12.9. The van der Waals surface area contributed by atoms with E-state index in [0.29, 0.717) is 23.0 Å². The zero-order chi connectivity index (χ0) is 26.6. The second-order valence-electron chi connectivity index (χ2n) is 8.97. The van der Waals surface area contributed by atoms with Crippen molar-refractivity contribution in [1.82, 2.24) is 24.8 Å². The normalized spacial score (nSPS) is 13.3. The van der Waals surface area contributed by atoms with E-state index < -0.39 is 11.5 Å². The number of nitrogens with zero attached hydrogens (tertiary/aromatic N) is 5. The SMILES string of the molecule is O=C(Nc1ccc(Oc2ccnc3cnc(N4CCNCC4)cc23)cc1)c1cccn(-c2ccccn2)c1=O. The molecular formula is C29H25N7O3. The van der Waals surface area contributed by atoms with Gasteiger partial charge in [-0.05, 0) is 60.7 Å². The summed E-state index contributed by atoms with van der Waals surface area (Å²) in [6.07, 6.45) is 6.63. The van der Waals surface area contributed by atoms with Crippen LogP contribution < -0.4 is 25.8 Å². The number of hydrogen-bond acceptors (Lipinski definition) is 8. The van der Waals surface area contributed by atoms with Gasteiger partial charge in [-0.3, -0.25) is 19.1 Å². The Hall–Kier alpha value is -5.09. The molecule has 0 aliphatic carbocycles. The van der Waals surface area contributed by atoms with Gasteiger partial charge in [0.25, 0.3) is 11.5 Å². The molecule has 1 aromatic carbocycles. The predicted octanol–water partition coefficient (Wildman–Crippen LogP) is 3.63. The average Bonchev–Trinajstić information content (AvgIpc) is 2.99. The van der Waals surface area contributed by atoms with E-state index in [4.69, 9.17) is 4.74 Å². The van der Waals surface area contributed by atoms with Gasteiger partial charge in [-0.1, -0.05) is 6.07 Å². The molecule has 194 valence electrons. The van der Waals surface area contributed by atoms with Crippen molar-refractivity contribution in [1.29, 1.82) is 0 Å². The number of aromatic nitrogens is 4. The number of pyridine rings is 4. The summed E-state index contributed by atoms with van der Waals surface area (Å²) in [5.74, 6) is 2.08. The number of piperazine rings is 1. The minimum atomic E-state index is -0.507. The third-order valence-electron chi connectivity index (χ3n) is 6.44. The highest BCUT2D eigenvalue weighted by Gasteiger charge is 2.16. The molecule has 1 aliphatic rings. The van der Waals surface area contributed by atoms with Gasteiger partial charge < -0.3 is 20.3 Å². The monoisotopic (exact) mass is 519 g/mol. The molecule has 1 amide bonds. The lowest BCUT2D eigenvalue weighted by Crippen LogP contribution is -2.43. The lowest BCUT2D eigenvalue weighted by atomic mass is 10.2. The first kappa shape index (κ1) is 24.3. The number of ether oxygens (including phenoxy) is 1. The Morgan fingerprint density at radius 2 is 1.74 bits per heavy atom. The Morgan fingerprint density at radius 1 is 0.897 bits per heavy atom. The van der Waals surface area contributed by atoms with Crippen molar-refractivity contribution in [2.45, 2.75) is 0 Å².